The Morgan fingerprint density at radius 2 is 1.20 bits per heavy atom. The van der Waals surface area contributed by atoms with Gasteiger partial charge in [-0.05, 0) is 66.9 Å². The molecule has 1 fully saturated rings. The first-order valence-corrected chi connectivity index (χ1v) is 17.1. The molecule has 0 N–H and O–H groups in total. The van der Waals surface area contributed by atoms with E-state index in [1.807, 2.05) is 28.8 Å². The molecule has 6 heteroatoms. The maximum atomic E-state index is 12.8. The standard InChI is InChI=1S/C38H33N3O2P/c42-35-23-13-22-34-30-24-28(26-41(34)35)25-40(27-30)38-37(39-36(43-38)29-14-5-1-6-15-29)44(31-16-7-2-8-17-31,32-18-9-3-10-19-32)33-20-11-4-12-21-33/h1-23,28,30H,24-27H2/q+1/t28-,30-/m0/s1. The fraction of sp³-hybridized carbons (Fsp3) is 0.158. The second-order valence-electron chi connectivity index (χ2n) is 11.8. The highest BCUT2D eigenvalue weighted by molar-refractivity contribution is 8.01. The number of pyridine rings is 1. The fourth-order valence-corrected chi connectivity index (χ4v) is 11.5. The number of nitrogens with zero attached hydrogens (tertiary/aromatic N) is 3. The van der Waals surface area contributed by atoms with Gasteiger partial charge in [-0.2, -0.15) is 4.98 Å². The van der Waals surface area contributed by atoms with E-state index in [9.17, 15) is 4.79 Å². The van der Waals surface area contributed by atoms with E-state index >= 15 is 0 Å². The number of hydrogen-bond acceptors (Lipinski definition) is 4. The average molecular weight is 595 g/mol. The Labute approximate surface area is 257 Å². The molecule has 6 aromatic rings. The van der Waals surface area contributed by atoms with Gasteiger partial charge >= 0.3 is 0 Å². The maximum absolute atomic E-state index is 12.8. The Hall–Kier alpha value is -4.73. The molecular weight excluding hydrogens is 561 g/mol. The summed E-state index contributed by atoms with van der Waals surface area (Å²) in [5.41, 5.74) is 3.17. The first-order valence-electron chi connectivity index (χ1n) is 15.3. The van der Waals surface area contributed by atoms with Crippen molar-refractivity contribution in [2.45, 2.75) is 18.9 Å². The maximum Gasteiger partial charge on any atom is 0.262 e. The smallest absolute Gasteiger partial charge is 0.262 e. The van der Waals surface area contributed by atoms with Gasteiger partial charge in [0.15, 0.2) is 7.26 Å². The van der Waals surface area contributed by atoms with E-state index in [0.717, 1.165) is 48.6 Å². The Balaban J connectivity index is 1.40. The lowest BCUT2D eigenvalue weighted by Gasteiger charge is -2.42. The van der Waals surface area contributed by atoms with E-state index in [4.69, 9.17) is 9.40 Å². The van der Waals surface area contributed by atoms with Crippen LogP contribution in [-0.4, -0.2) is 22.6 Å². The first-order chi connectivity index (χ1) is 21.7. The summed E-state index contributed by atoms with van der Waals surface area (Å²) in [7, 11) is -2.52. The molecule has 8 rings (SSSR count). The molecule has 0 radical (unpaired) electrons. The molecule has 0 unspecified atom stereocenters. The summed E-state index contributed by atoms with van der Waals surface area (Å²) in [5.74, 6) is 2.06. The van der Waals surface area contributed by atoms with Crippen molar-refractivity contribution in [2.24, 2.45) is 5.92 Å². The SMILES string of the molecule is O=c1cccc2n1C[C@H]1C[C@H]2CN(c2oc(-c3ccccc3)nc2[P+](c2ccccc2)(c2ccccc2)c2ccccc2)C1. The number of aromatic nitrogens is 2. The molecule has 2 aliphatic rings. The van der Waals surface area contributed by atoms with E-state index in [1.54, 1.807) is 6.07 Å². The molecule has 2 aliphatic heterocycles. The average Bonchev–Trinajstić information content (AvgIpc) is 3.53. The van der Waals surface area contributed by atoms with Crippen LogP contribution >= 0.6 is 7.26 Å². The van der Waals surface area contributed by atoms with Crippen LogP contribution in [0.4, 0.5) is 5.88 Å². The molecule has 44 heavy (non-hydrogen) atoms. The molecule has 2 bridgehead atoms. The Bertz CT molecular complexity index is 1860. The van der Waals surface area contributed by atoms with Crippen LogP contribution < -0.4 is 31.8 Å². The number of rotatable bonds is 6. The van der Waals surface area contributed by atoms with Crippen molar-refractivity contribution in [3.05, 3.63) is 156 Å². The summed E-state index contributed by atoms with van der Waals surface area (Å²) in [6, 6.07) is 48.5. The van der Waals surface area contributed by atoms with Crippen molar-refractivity contribution < 1.29 is 4.42 Å². The molecule has 2 atom stereocenters. The van der Waals surface area contributed by atoms with Crippen LogP contribution in [0.25, 0.3) is 11.5 Å². The fourth-order valence-electron chi connectivity index (χ4n) is 7.26. The number of anilines is 1. The zero-order valence-electron chi connectivity index (χ0n) is 24.4. The third kappa shape index (κ3) is 4.42. The molecule has 1 saturated heterocycles. The van der Waals surface area contributed by atoms with Crippen LogP contribution in [0.1, 0.15) is 18.0 Å². The zero-order chi connectivity index (χ0) is 29.5. The lowest BCUT2D eigenvalue weighted by Crippen LogP contribution is -2.49. The Morgan fingerprint density at radius 1 is 0.636 bits per heavy atom. The summed E-state index contributed by atoms with van der Waals surface area (Å²) < 4.78 is 8.95. The summed E-state index contributed by atoms with van der Waals surface area (Å²) in [4.78, 5) is 20.7. The van der Waals surface area contributed by atoms with Crippen LogP contribution in [0.5, 0.6) is 0 Å². The number of benzene rings is 4. The molecule has 4 aromatic carbocycles. The lowest BCUT2D eigenvalue weighted by molar-refractivity contribution is 0.275. The minimum absolute atomic E-state index is 0.0968. The predicted octanol–water partition coefficient (Wildman–Crippen LogP) is 5.75. The molecule has 216 valence electrons. The summed E-state index contributed by atoms with van der Waals surface area (Å²) >= 11 is 0. The van der Waals surface area contributed by atoms with Gasteiger partial charge in [-0.25, -0.2) is 0 Å². The summed E-state index contributed by atoms with van der Waals surface area (Å²) in [6.07, 6.45) is 1.07. The van der Waals surface area contributed by atoms with Crippen molar-refractivity contribution in [3.63, 3.8) is 0 Å². The third-order valence-electron chi connectivity index (χ3n) is 9.13. The van der Waals surface area contributed by atoms with Gasteiger partial charge in [0.1, 0.15) is 15.9 Å². The first kappa shape index (κ1) is 26.9. The van der Waals surface area contributed by atoms with Crippen LogP contribution in [0, 0.1) is 5.92 Å². The third-order valence-corrected chi connectivity index (χ3v) is 13.3. The second-order valence-corrected chi connectivity index (χ2v) is 15.1. The van der Waals surface area contributed by atoms with Crippen molar-refractivity contribution in [2.75, 3.05) is 18.0 Å². The van der Waals surface area contributed by atoms with Gasteiger partial charge in [0, 0.05) is 42.9 Å². The van der Waals surface area contributed by atoms with Gasteiger partial charge in [0.25, 0.3) is 16.9 Å². The van der Waals surface area contributed by atoms with E-state index in [2.05, 4.69) is 114 Å². The molecule has 0 aliphatic carbocycles. The highest BCUT2D eigenvalue weighted by atomic mass is 31.2. The van der Waals surface area contributed by atoms with E-state index in [-0.39, 0.29) is 11.5 Å². The van der Waals surface area contributed by atoms with Crippen LogP contribution in [0.2, 0.25) is 0 Å². The number of oxazole rings is 1. The molecule has 4 heterocycles. The number of hydrogen-bond donors (Lipinski definition) is 0. The van der Waals surface area contributed by atoms with Gasteiger partial charge in [-0.1, -0.05) is 78.9 Å². The monoisotopic (exact) mass is 594 g/mol. The summed E-state index contributed by atoms with van der Waals surface area (Å²) in [6.45, 7) is 2.31. The normalized spacial score (nSPS) is 17.7. The van der Waals surface area contributed by atoms with Gasteiger partial charge in [0.05, 0.1) is 0 Å². The topological polar surface area (TPSA) is 51.3 Å². The quantitative estimate of drug-likeness (QED) is 0.231. The molecular formula is C38H33N3O2P+. The zero-order valence-corrected chi connectivity index (χ0v) is 25.3. The van der Waals surface area contributed by atoms with Gasteiger partial charge < -0.3 is 13.9 Å². The van der Waals surface area contributed by atoms with E-state index < -0.39 is 7.26 Å². The van der Waals surface area contributed by atoms with Crippen molar-refractivity contribution in [1.29, 1.82) is 0 Å². The molecule has 5 nitrogen and oxygen atoms in total. The summed E-state index contributed by atoms with van der Waals surface area (Å²) in [5, 5.41) is 3.71. The molecule has 0 saturated carbocycles. The van der Waals surface area contributed by atoms with Crippen molar-refractivity contribution in [1.82, 2.24) is 9.55 Å². The van der Waals surface area contributed by atoms with Gasteiger partial charge in [-0.15, -0.1) is 0 Å². The predicted molar refractivity (Wildman–Crippen MR) is 180 cm³/mol. The van der Waals surface area contributed by atoms with Crippen molar-refractivity contribution in [3.8, 4) is 11.5 Å². The Morgan fingerprint density at radius 3 is 1.80 bits per heavy atom. The molecule has 2 aromatic heterocycles. The van der Waals surface area contributed by atoms with E-state index in [0.29, 0.717) is 11.8 Å². The number of fused-ring (bicyclic) bond motifs is 4. The second kappa shape index (κ2) is 11.1. The minimum Gasteiger partial charge on any atom is -0.416 e. The molecule has 0 spiro atoms. The van der Waals surface area contributed by atoms with E-state index in [1.165, 1.54) is 15.9 Å². The van der Waals surface area contributed by atoms with Crippen molar-refractivity contribution >= 4 is 34.5 Å². The Kier molecular flexibility index (Phi) is 6.76. The molecule has 0 amide bonds. The van der Waals surface area contributed by atoms with Crippen LogP contribution in [-0.2, 0) is 6.54 Å². The highest BCUT2D eigenvalue weighted by Crippen LogP contribution is 2.56. The lowest BCUT2D eigenvalue weighted by atomic mass is 9.83. The van der Waals surface area contributed by atoms with Crippen LogP contribution in [0.3, 0.4) is 0 Å². The van der Waals surface area contributed by atoms with Gasteiger partial charge in [0.2, 0.25) is 5.89 Å². The van der Waals surface area contributed by atoms with Gasteiger partial charge in [-0.3, -0.25) is 4.79 Å². The number of piperidine rings is 1. The largest absolute Gasteiger partial charge is 0.416 e. The highest BCUT2D eigenvalue weighted by Gasteiger charge is 2.54. The van der Waals surface area contributed by atoms with Crippen LogP contribution in [0.15, 0.2) is 149 Å². The minimum atomic E-state index is -2.52.